The van der Waals surface area contributed by atoms with Gasteiger partial charge in [-0.15, -0.1) is 0 Å². The summed E-state index contributed by atoms with van der Waals surface area (Å²) in [6.07, 6.45) is 1.59. The highest BCUT2D eigenvalue weighted by Gasteiger charge is 2.06. The first kappa shape index (κ1) is 11.2. The number of rotatable bonds is 1. The van der Waals surface area contributed by atoms with Crippen molar-refractivity contribution < 1.29 is 0 Å². The maximum atomic E-state index is 6.05. The normalized spacial score (nSPS) is 10.8. The molecule has 0 aliphatic rings. The number of benzene rings is 2. The number of fused-ring (bicyclic) bond motifs is 1. The highest BCUT2D eigenvalue weighted by atomic mass is 35.5. The van der Waals surface area contributed by atoms with E-state index in [1.807, 2.05) is 18.2 Å². The van der Waals surface area contributed by atoms with E-state index in [2.05, 4.69) is 41.2 Å². The fourth-order valence-corrected chi connectivity index (χ4v) is 2.14. The molecule has 0 aliphatic carbocycles. The van der Waals surface area contributed by atoms with Gasteiger partial charge in [-0.3, -0.25) is 0 Å². The number of halogens is 1. The van der Waals surface area contributed by atoms with Crippen LogP contribution in [0, 0.1) is 6.92 Å². The Hall–Kier alpha value is -1.93. The maximum Gasteiger partial charge on any atom is 0.116 e. The molecule has 0 radical (unpaired) electrons. The Bertz CT molecular complexity index is 705. The maximum absolute atomic E-state index is 6.05. The van der Waals surface area contributed by atoms with Gasteiger partial charge in [0.05, 0.1) is 11.2 Å². The Morgan fingerprint density at radius 1 is 0.944 bits per heavy atom. The molecule has 3 aromatic rings. The lowest BCUT2D eigenvalue weighted by molar-refractivity contribution is 1.22. The fourth-order valence-electron chi connectivity index (χ4n) is 1.97. The van der Waals surface area contributed by atoms with Gasteiger partial charge in [-0.05, 0) is 25.1 Å². The summed E-state index contributed by atoms with van der Waals surface area (Å²) in [5.41, 5.74) is 4.14. The van der Waals surface area contributed by atoms with Crippen molar-refractivity contribution in [3.05, 3.63) is 59.4 Å². The van der Waals surface area contributed by atoms with Gasteiger partial charge >= 0.3 is 0 Å². The lowest BCUT2D eigenvalue weighted by atomic mass is 10.1. The Morgan fingerprint density at radius 2 is 1.72 bits per heavy atom. The van der Waals surface area contributed by atoms with Crippen LogP contribution in [0.3, 0.4) is 0 Å². The topological polar surface area (TPSA) is 25.8 Å². The Kier molecular flexibility index (Phi) is 2.73. The molecule has 0 aliphatic heterocycles. The third-order valence-electron chi connectivity index (χ3n) is 2.92. The molecule has 2 aromatic carbocycles. The van der Waals surface area contributed by atoms with Gasteiger partial charge in [0.25, 0.3) is 0 Å². The zero-order valence-electron chi connectivity index (χ0n) is 9.89. The number of hydrogen-bond donors (Lipinski definition) is 0. The summed E-state index contributed by atoms with van der Waals surface area (Å²) < 4.78 is 0. The lowest BCUT2D eigenvalue weighted by Gasteiger charge is -2.05. The number of hydrogen-bond acceptors (Lipinski definition) is 2. The molecule has 0 atom stereocenters. The van der Waals surface area contributed by atoms with Gasteiger partial charge in [0, 0.05) is 16.0 Å². The predicted molar refractivity (Wildman–Crippen MR) is 74.7 cm³/mol. The second-order valence-corrected chi connectivity index (χ2v) is 4.69. The van der Waals surface area contributed by atoms with Crippen LogP contribution in [-0.2, 0) is 0 Å². The van der Waals surface area contributed by atoms with Crippen molar-refractivity contribution in [3.8, 4) is 11.3 Å². The molecular weight excluding hydrogens is 244 g/mol. The van der Waals surface area contributed by atoms with E-state index in [1.54, 1.807) is 6.33 Å². The van der Waals surface area contributed by atoms with E-state index < -0.39 is 0 Å². The summed E-state index contributed by atoms with van der Waals surface area (Å²) in [5, 5.41) is 1.68. The molecule has 0 N–H and O–H groups in total. The standard InChI is InChI=1S/C15H11ClN2/c1-10-2-4-11(5-3-10)15-13-8-12(16)6-7-14(13)17-9-18-15/h2-9H,1H3. The van der Waals surface area contributed by atoms with Gasteiger partial charge < -0.3 is 0 Å². The fraction of sp³-hybridized carbons (Fsp3) is 0.0667. The SMILES string of the molecule is Cc1ccc(-c2ncnc3ccc(Cl)cc23)cc1. The van der Waals surface area contributed by atoms with Crippen molar-refractivity contribution >= 4 is 22.5 Å². The molecule has 0 spiro atoms. The van der Waals surface area contributed by atoms with Crippen LogP contribution in [0.25, 0.3) is 22.2 Å². The first-order chi connectivity index (χ1) is 8.74. The summed E-state index contributed by atoms with van der Waals surface area (Å²) in [7, 11) is 0. The van der Waals surface area contributed by atoms with E-state index in [0.29, 0.717) is 5.02 Å². The molecule has 88 valence electrons. The van der Waals surface area contributed by atoms with Gasteiger partial charge in [-0.2, -0.15) is 0 Å². The zero-order chi connectivity index (χ0) is 12.5. The van der Waals surface area contributed by atoms with Crippen molar-refractivity contribution in [3.63, 3.8) is 0 Å². The van der Waals surface area contributed by atoms with Crippen molar-refractivity contribution in [1.29, 1.82) is 0 Å². The molecule has 0 fully saturated rings. The monoisotopic (exact) mass is 254 g/mol. The first-order valence-corrected chi connectivity index (χ1v) is 6.09. The summed E-state index contributed by atoms with van der Waals surface area (Å²) in [5.74, 6) is 0. The van der Waals surface area contributed by atoms with Crippen LogP contribution in [-0.4, -0.2) is 9.97 Å². The largest absolute Gasteiger partial charge is 0.236 e. The molecule has 3 heteroatoms. The Labute approximate surface area is 110 Å². The third-order valence-corrected chi connectivity index (χ3v) is 3.16. The van der Waals surface area contributed by atoms with Crippen molar-refractivity contribution in [2.24, 2.45) is 0 Å². The molecule has 2 nitrogen and oxygen atoms in total. The molecule has 0 unspecified atom stereocenters. The number of nitrogens with zero attached hydrogens (tertiary/aromatic N) is 2. The minimum absolute atomic E-state index is 0.700. The quantitative estimate of drug-likeness (QED) is 0.648. The lowest BCUT2D eigenvalue weighted by Crippen LogP contribution is -1.89. The number of aryl methyl sites for hydroxylation is 1. The molecule has 18 heavy (non-hydrogen) atoms. The minimum atomic E-state index is 0.700. The van der Waals surface area contributed by atoms with Crippen LogP contribution in [0.5, 0.6) is 0 Å². The van der Waals surface area contributed by atoms with Gasteiger partial charge in [0.1, 0.15) is 6.33 Å². The molecule has 3 rings (SSSR count). The molecule has 0 bridgehead atoms. The minimum Gasteiger partial charge on any atom is -0.236 e. The summed E-state index contributed by atoms with van der Waals surface area (Å²) in [6.45, 7) is 2.07. The summed E-state index contributed by atoms with van der Waals surface area (Å²) >= 11 is 6.05. The molecular formula is C15H11ClN2. The van der Waals surface area contributed by atoms with E-state index >= 15 is 0 Å². The Morgan fingerprint density at radius 3 is 2.50 bits per heavy atom. The van der Waals surface area contributed by atoms with Gasteiger partial charge in [0.15, 0.2) is 0 Å². The van der Waals surface area contributed by atoms with Crippen LogP contribution < -0.4 is 0 Å². The smallest absolute Gasteiger partial charge is 0.116 e. The van der Waals surface area contributed by atoms with E-state index in [0.717, 1.165) is 22.2 Å². The van der Waals surface area contributed by atoms with E-state index in [4.69, 9.17) is 11.6 Å². The van der Waals surface area contributed by atoms with Crippen LogP contribution in [0.4, 0.5) is 0 Å². The molecule has 0 saturated carbocycles. The van der Waals surface area contributed by atoms with Crippen LogP contribution in [0.2, 0.25) is 5.02 Å². The van der Waals surface area contributed by atoms with Crippen molar-refractivity contribution in [2.75, 3.05) is 0 Å². The van der Waals surface area contributed by atoms with Gasteiger partial charge in [-0.25, -0.2) is 9.97 Å². The second kappa shape index (κ2) is 4.39. The Balaban J connectivity index is 2.28. The summed E-state index contributed by atoms with van der Waals surface area (Å²) in [4.78, 5) is 8.63. The van der Waals surface area contributed by atoms with E-state index in [9.17, 15) is 0 Å². The van der Waals surface area contributed by atoms with Crippen LogP contribution in [0.15, 0.2) is 48.8 Å². The van der Waals surface area contributed by atoms with E-state index in [1.165, 1.54) is 5.56 Å². The van der Waals surface area contributed by atoms with Crippen molar-refractivity contribution in [1.82, 2.24) is 9.97 Å². The van der Waals surface area contributed by atoms with Gasteiger partial charge in [-0.1, -0.05) is 41.4 Å². The number of aromatic nitrogens is 2. The summed E-state index contributed by atoms with van der Waals surface area (Å²) in [6, 6.07) is 14.0. The predicted octanol–water partition coefficient (Wildman–Crippen LogP) is 4.26. The second-order valence-electron chi connectivity index (χ2n) is 4.25. The van der Waals surface area contributed by atoms with Gasteiger partial charge in [0.2, 0.25) is 0 Å². The average molecular weight is 255 g/mol. The third kappa shape index (κ3) is 1.95. The van der Waals surface area contributed by atoms with Crippen molar-refractivity contribution in [2.45, 2.75) is 6.92 Å². The highest BCUT2D eigenvalue weighted by molar-refractivity contribution is 6.31. The zero-order valence-corrected chi connectivity index (χ0v) is 10.6. The molecule has 0 saturated heterocycles. The molecule has 0 amide bonds. The molecule has 1 heterocycles. The van der Waals surface area contributed by atoms with E-state index in [-0.39, 0.29) is 0 Å². The van der Waals surface area contributed by atoms with Crippen LogP contribution in [0.1, 0.15) is 5.56 Å². The highest BCUT2D eigenvalue weighted by Crippen LogP contribution is 2.27. The molecule has 1 aromatic heterocycles. The first-order valence-electron chi connectivity index (χ1n) is 5.71. The van der Waals surface area contributed by atoms with Crippen LogP contribution >= 0.6 is 11.6 Å². The average Bonchev–Trinajstić information content (AvgIpc) is 2.39.